The van der Waals surface area contributed by atoms with E-state index in [1.807, 2.05) is 24.4 Å². The van der Waals surface area contributed by atoms with Crippen LogP contribution in [0.3, 0.4) is 0 Å². The Balaban J connectivity index is 2.25. The van der Waals surface area contributed by atoms with Crippen molar-refractivity contribution in [3.05, 3.63) is 84.1 Å². The van der Waals surface area contributed by atoms with Crippen LogP contribution in [0.2, 0.25) is 0 Å². The maximum absolute atomic E-state index is 3.36. The molecule has 0 spiro atoms. The first-order valence-electron chi connectivity index (χ1n) is 6.81. The molecule has 0 saturated heterocycles. The fourth-order valence-corrected chi connectivity index (χ4v) is 2.37. The van der Waals surface area contributed by atoms with Crippen LogP contribution in [0.15, 0.2) is 73.0 Å². The Labute approximate surface area is 120 Å². The normalized spacial score (nSPS) is 17.9. The van der Waals surface area contributed by atoms with E-state index >= 15 is 0 Å². The van der Waals surface area contributed by atoms with E-state index in [-0.39, 0.29) is 0 Å². The Kier molecular flexibility index (Phi) is 3.51. The average Bonchev–Trinajstić information content (AvgIpc) is 2.51. The third-order valence-electron chi connectivity index (χ3n) is 3.37. The molecule has 0 saturated carbocycles. The summed E-state index contributed by atoms with van der Waals surface area (Å²) >= 11 is 0. The van der Waals surface area contributed by atoms with Crippen molar-refractivity contribution >= 4 is 11.8 Å². The van der Waals surface area contributed by atoms with E-state index < -0.39 is 0 Å². The second-order valence-corrected chi connectivity index (χ2v) is 4.88. The summed E-state index contributed by atoms with van der Waals surface area (Å²) in [5.74, 6) is 0. The summed E-state index contributed by atoms with van der Waals surface area (Å²) in [4.78, 5) is 0. The number of benzene rings is 2. The highest BCUT2D eigenvalue weighted by molar-refractivity contribution is 5.84. The number of aryl methyl sites for hydroxylation is 1. The molecule has 0 unspecified atom stereocenters. The molecule has 1 nitrogen and oxygen atoms in total. The molecule has 0 aliphatic carbocycles. The molecule has 98 valence electrons. The molecule has 0 amide bonds. The van der Waals surface area contributed by atoms with Gasteiger partial charge in [0.25, 0.3) is 0 Å². The Hall–Kier alpha value is -2.54. The average molecular weight is 259 g/mol. The number of hydrogen-bond acceptors (Lipinski definition) is 1. The Morgan fingerprint density at radius 3 is 2.60 bits per heavy atom. The molecule has 0 aromatic heterocycles. The highest BCUT2D eigenvalue weighted by Crippen LogP contribution is 2.32. The zero-order chi connectivity index (χ0) is 13.8. The third-order valence-corrected chi connectivity index (χ3v) is 3.37. The van der Waals surface area contributed by atoms with E-state index in [4.69, 9.17) is 0 Å². The van der Waals surface area contributed by atoms with Gasteiger partial charge in [-0.2, -0.15) is 0 Å². The van der Waals surface area contributed by atoms with E-state index in [0.29, 0.717) is 0 Å². The van der Waals surface area contributed by atoms with Crippen molar-refractivity contribution in [3.63, 3.8) is 0 Å². The van der Waals surface area contributed by atoms with E-state index in [0.717, 1.165) is 5.69 Å². The quantitative estimate of drug-likeness (QED) is 0.688. The standard InChI is InChI=1S/C19H17N/c1-15-11-12-16-8-4-2-3-7-13-20-19-10-6-5-9-17(19)18(16)14-15/h2-14,20H,1H3/b3-2-,8-4-,13-7+. The minimum Gasteiger partial charge on any atom is -0.361 e. The topological polar surface area (TPSA) is 12.0 Å². The number of anilines is 1. The first-order chi connectivity index (χ1) is 9.84. The largest absolute Gasteiger partial charge is 0.361 e. The lowest BCUT2D eigenvalue weighted by Gasteiger charge is -2.13. The monoisotopic (exact) mass is 259 g/mol. The summed E-state index contributed by atoms with van der Waals surface area (Å²) in [6.07, 6.45) is 12.3. The second-order valence-electron chi connectivity index (χ2n) is 4.88. The van der Waals surface area contributed by atoms with Gasteiger partial charge < -0.3 is 5.32 Å². The van der Waals surface area contributed by atoms with Gasteiger partial charge in [-0.1, -0.05) is 66.3 Å². The lowest BCUT2D eigenvalue weighted by molar-refractivity contribution is 1.45. The minimum atomic E-state index is 1.12. The van der Waals surface area contributed by atoms with Crippen LogP contribution in [0.5, 0.6) is 0 Å². The smallest absolute Gasteiger partial charge is 0.0459 e. The number of allylic oxidation sites excluding steroid dienone is 4. The van der Waals surface area contributed by atoms with Gasteiger partial charge in [0.05, 0.1) is 0 Å². The first-order valence-corrected chi connectivity index (χ1v) is 6.81. The van der Waals surface area contributed by atoms with Gasteiger partial charge in [0, 0.05) is 17.5 Å². The second kappa shape index (κ2) is 5.62. The van der Waals surface area contributed by atoms with E-state index in [9.17, 15) is 0 Å². The fraction of sp³-hybridized carbons (Fsp3) is 0.0526. The van der Waals surface area contributed by atoms with Crippen LogP contribution in [0.25, 0.3) is 17.2 Å². The SMILES string of the molecule is Cc1ccc2c(c1)-c1ccccc1N/C=C/C=C\C=C/2. The molecular formula is C19H17N. The van der Waals surface area contributed by atoms with Gasteiger partial charge in [-0.25, -0.2) is 0 Å². The van der Waals surface area contributed by atoms with Crippen LogP contribution in [0, 0.1) is 6.92 Å². The van der Waals surface area contributed by atoms with Gasteiger partial charge >= 0.3 is 0 Å². The molecule has 0 radical (unpaired) electrons. The molecule has 3 rings (SSSR count). The summed E-state index contributed by atoms with van der Waals surface area (Å²) in [7, 11) is 0. The Morgan fingerprint density at radius 1 is 0.800 bits per heavy atom. The number of rotatable bonds is 0. The van der Waals surface area contributed by atoms with E-state index in [2.05, 4.69) is 66.9 Å². The van der Waals surface area contributed by atoms with Crippen LogP contribution in [0.1, 0.15) is 11.1 Å². The van der Waals surface area contributed by atoms with Crippen LogP contribution in [-0.2, 0) is 0 Å². The van der Waals surface area contributed by atoms with Crippen molar-refractivity contribution in [3.8, 4) is 11.1 Å². The lowest BCUT2D eigenvalue weighted by Crippen LogP contribution is -1.93. The molecule has 20 heavy (non-hydrogen) atoms. The molecule has 0 atom stereocenters. The number of nitrogens with one attached hydrogen (secondary N) is 1. The molecule has 1 heteroatoms. The third kappa shape index (κ3) is 2.57. The molecule has 2 aromatic carbocycles. The summed E-state index contributed by atoms with van der Waals surface area (Å²) in [5, 5.41) is 3.36. The van der Waals surface area contributed by atoms with Gasteiger partial charge in [-0.15, -0.1) is 0 Å². The maximum Gasteiger partial charge on any atom is 0.0459 e. The summed E-state index contributed by atoms with van der Waals surface area (Å²) in [5.41, 5.74) is 6.11. The van der Waals surface area contributed by atoms with E-state index in [1.54, 1.807) is 0 Å². The molecule has 1 aliphatic heterocycles. The Bertz CT molecular complexity index is 705. The number of para-hydroxylation sites is 1. The summed E-state index contributed by atoms with van der Waals surface area (Å²) in [6.45, 7) is 2.13. The summed E-state index contributed by atoms with van der Waals surface area (Å²) in [6, 6.07) is 15.0. The van der Waals surface area contributed by atoms with Crippen LogP contribution in [0.4, 0.5) is 5.69 Å². The van der Waals surface area contributed by atoms with Crippen molar-refractivity contribution in [1.29, 1.82) is 0 Å². The molecular weight excluding hydrogens is 242 g/mol. The van der Waals surface area contributed by atoms with E-state index in [1.165, 1.54) is 22.3 Å². The fourth-order valence-electron chi connectivity index (χ4n) is 2.37. The molecule has 2 aromatic rings. The Morgan fingerprint density at radius 2 is 1.65 bits per heavy atom. The first kappa shape index (κ1) is 12.5. The molecule has 1 aliphatic rings. The molecule has 1 heterocycles. The predicted molar refractivity (Wildman–Crippen MR) is 87.6 cm³/mol. The molecule has 1 N–H and O–H groups in total. The molecule has 0 fully saturated rings. The van der Waals surface area contributed by atoms with Crippen molar-refractivity contribution in [2.24, 2.45) is 0 Å². The minimum absolute atomic E-state index is 1.12. The van der Waals surface area contributed by atoms with Gasteiger partial charge in [-0.3, -0.25) is 0 Å². The van der Waals surface area contributed by atoms with Crippen molar-refractivity contribution in [2.45, 2.75) is 6.92 Å². The predicted octanol–water partition coefficient (Wildman–Crippen LogP) is 5.17. The number of fused-ring (bicyclic) bond motifs is 3. The van der Waals surface area contributed by atoms with Gasteiger partial charge in [0.15, 0.2) is 0 Å². The number of hydrogen-bond donors (Lipinski definition) is 1. The highest BCUT2D eigenvalue weighted by atomic mass is 14.8. The lowest BCUT2D eigenvalue weighted by atomic mass is 9.96. The van der Waals surface area contributed by atoms with Crippen LogP contribution < -0.4 is 5.32 Å². The van der Waals surface area contributed by atoms with Crippen LogP contribution in [-0.4, -0.2) is 0 Å². The summed E-state index contributed by atoms with van der Waals surface area (Å²) < 4.78 is 0. The van der Waals surface area contributed by atoms with Crippen molar-refractivity contribution in [1.82, 2.24) is 0 Å². The van der Waals surface area contributed by atoms with Gasteiger partial charge in [0.1, 0.15) is 0 Å². The van der Waals surface area contributed by atoms with Crippen LogP contribution >= 0.6 is 0 Å². The zero-order valence-corrected chi connectivity index (χ0v) is 11.5. The highest BCUT2D eigenvalue weighted by Gasteiger charge is 2.07. The van der Waals surface area contributed by atoms with Crippen molar-refractivity contribution in [2.75, 3.05) is 5.32 Å². The van der Waals surface area contributed by atoms with Gasteiger partial charge in [0.2, 0.25) is 0 Å². The molecule has 0 bridgehead atoms. The van der Waals surface area contributed by atoms with Gasteiger partial charge in [-0.05, 0) is 30.2 Å². The zero-order valence-electron chi connectivity index (χ0n) is 11.5. The maximum atomic E-state index is 3.36. The van der Waals surface area contributed by atoms with Crippen molar-refractivity contribution < 1.29 is 0 Å².